The zero-order valence-corrected chi connectivity index (χ0v) is 15.8. The lowest BCUT2D eigenvalue weighted by molar-refractivity contribution is -0.115. The molecule has 26 heavy (non-hydrogen) atoms. The van der Waals surface area contributed by atoms with Crippen molar-refractivity contribution < 1.29 is 9.53 Å². The fraction of sp³-hybridized carbons (Fsp3) is 0.200. The maximum Gasteiger partial charge on any atom is 0.237 e. The van der Waals surface area contributed by atoms with E-state index >= 15 is 0 Å². The molecule has 0 aliphatic carbocycles. The average Bonchev–Trinajstić information content (AvgIpc) is 2.66. The van der Waals surface area contributed by atoms with Gasteiger partial charge in [0.05, 0.1) is 18.0 Å². The number of methoxy groups -OCH3 is 1. The van der Waals surface area contributed by atoms with Crippen molar-refractivity contribution in [1.29, 1.82) is 0 Å². The molecule has 1 heterocycles. The molecule has 0 radical (unpaired) electrons. The summed E-state index contributed by atoms with van der Waals surface area (Å²) in [5.41, 5.74) is 3.46. The summed E-state index contributed by atoms with van der Waals surface area (Å²) in [5.74, 6) is 0.608. The molecule has 1 atom stereocenters. The molecule has 1 aliphatic rings. The topological polar surface area (TPSA) is 53.9 Å². The Balaban J connectivity index is 1.72. The molecule has 0 saturated carbocycles. The van der Waals surface area contributed by atoms with Gasteiger partial charge in [-0.05, 0) is 25.1 Å². The summed E-state index contributed by atoms with van der Waals surface area (Å²) in [7, 11) is 3.51. The van der Waals surface area contributed by atoms with Crippen molar-refractivity contribution in [3.05, 3.63) is 60.7 Å². The van der Waals surface area contributed by atoms with Crippen molar-refractivity contribution >= 4 is 39.9 Å². The van der Waals surface area contributed by atoms with Crippen LogP contribution in [0.1, 0.15) is 12.5 Å². The molecule has 2 aromatic carbocycles. The Hall–Kier alpha value is -2.73. The first kappa shape index (κ1) is 18.1. The second kappa shape index (κ2) is 7.66. The third-order valence-electron chi connectivity index (χ3n) is 4.11. The molecular formula is C20H21N3O2S. The molecule has 0 spiro atoms. The molecule has 134 valence electrons. The predicted octanol–water partition coefficient (Wildman–Crippen LogP) is 4.36. The van der Waals surface area contributed by atoms with E-state index in [1.807, 2.05) is 61.3 Å². The van der Waals surface area contributed by atoms with Gasteiger partial charge in [0, 0.05) is 30.1 Å². The van der Waals surface area contributed by atoms with Crippen LogP contribution in [-0.4, -0.2) is 35.4 Å². The Kier molecular flexibility index (Phi) is 5.32. The maximum absolute atomic E-state index is 12.6. The number of para-hydroxylation sites is 1. The van der Waals surface area contributed by atoms with Gasteiger partial charge in [-0.2, -0.15) is 0 Å². The molecule has 1 N–H and O–H groups in total. The summed E-state index contributed by atoms with van der Waals surface area (Å²) in [6.45, 7) is 6.00. The Morgan fingerprint density at radius 2 is 2.04 bits per heavy atom. The van der Waals surface area contributed by atoms with Crippen molar-refractivity contribution in [2.45, 2.75) is 12.2 Å². The predicted molar refractivity (Wildman–Crippen MR) is 109 cm³/mol. The van der Waals surface area contributed by atoms with Crippen LogP contribution in [0.4, 0.5) is 11.4 Å². The number of carbonyl (C=O) groups is 1. The van der Waals surface area contributed by atoms with Crippen LogP contribution in [-0.2, 0) is 4.79 Å². The summed E-state index contributed by atoms with van der Waals surface area (Å²) in [6.07, 6.45) is 0. The summed E-state index contributed by atoms with van der Waals surface area (Å²) in [4.78, 5) is 19.1. The molecule has 0 saturated heterocycles. The molecule has 5 nitrogen and oxygen atoms in total. The second-order valence-corrected chi connectivity index (χ2v) is 7.21. The van der Waals surface area contributed by atoms with Gasteiger partial charge in [0.25, 0.3) is 0 Å². The molecular weight excluding hydrogens is 346 g/mol. The molecule has 1 amide bonds. The van der Waals surface area contributed by atoms with Gasteiger partial charge in [-0.25, -0.2) is 4.99 Å². The van der Waals surface area contributed by atoms with Gasteiger partial charge < -0.3 is 15.0 Å². The fourth-order valence-corrected chi connectivity index (χ4v) is 3.45. The van der Waals surface area contributed by atoms with Crippen molar-refractivity contribution in [1.82, 2.24) is 4.90 Å². The first-order chi connectivity index (χ1) is 12.5. The summed E-state index contributed by atoms with van der Waals surface area (Å²) >= 11 is 1.41. The summed E-state index contributed by atoms with van der Waals surface area (Å²) < 4.78 is 5.19. The van der Waals surface area contributed by atoms with Crippen molar-refractivity contribution in [2.75, 3.05) is 19.5 Å². The Morgan fingerprint density at radius 3 is 2.81 bits per heavy atom. The highest BCUT2D eigenvalue weighted by Gasteiger charge is 2.25. The van der Waals surface area contributed by atoms with E-state index in [9.17, 15) is 4.79 Å². The van der Waals surface area contributed by atoms with Gasteiger partial charge in [0.1, 0.15) is 5.75 Å². The van der Waals surface area contributed by atoms with E-state index in [0.29, 0.717) is 11.4 Å². The van der Waals surface area contributed by atoms with Crippen molar-refractivity contribution in [3.8, 4) is 5.75 Å². The van der Waals surface area contributed by atoms with Gasteiger partial charge in [-0.15, -0.1) is 0 Å². The highest BCUT2D eigenvalue weighted by Crippen LogP contribution is 2.35. The van der Waals surface area contributed by atoms with Gasteiger partial charge in [0.2, 0.25) is 5.91 Å². The number of anilines is 1. The molecule has 2 aromatic rings. The van der Waals surface area contributed by atoms with Crippen LogP contribution < -0.4 is 10.1 Å². The minimum absolute atomic E-state index is 0.0937. The SMILES string of the molecule is C=C1c2ccccc2N=C(S[C@@H](C)C(=O)Nc2cccc(OC)c2)N1C. The van der Waals surface area contributed by atoms with Crippen molar-refractivity contribution in [3.63, 3.8) is 0 Å². The van der Waals surface area contributed by atoms with Crippen LogP contribution in [0.3, 0.4) is 0 Å². The number of nitrogens with zero attached hydrogens (tertiary/aromatic N) is 2. The lowest BCUT2D eigenvalue weighted by Crippen LogP contribution is -2.30. The number of amides is 1. The number of benzene rings is 2. The lowest BCUT2D eigenvalue weighted by Gasteiger charge is -2.29. The molecule has 0 fully saturated rings. The van der Waals surface area contributed by atoms with E-state index in [1.54, 1.807) is 13.2 Å². The van der Waals surface area contributed by atoms with Crippen LogP contribution in [0, 0.1) is 0 Å². The normalized spacial score (nSPS) is 14.3. The van der Waals surface area contributed by atoms with E-state index in [4.69, 9.17) is 4.74 Å². The fourth-order valence-electron chi connectivity index (χ4n) is 2.55. The van der Waals surface area contributed by atoms with Crippen LogP contribution in [0.25, 0.3) is 5.70 Å². The number of amidine groups is 1. The van der Waals surface area contributed by atoms with E-state index in [0.717, 1.165) is 22.1 Å². The number of thioether (sulfide) groups is 1. The minimum atomic E-state index is -0.319. The molecule has 3 rings (SSSR count). The number of ether oxygens (including phenoxy) is 1. The van der Waals surface area contributed by atoms with Crippen LogP contribution in [0.5, 0.6) is 5.75 Å². The smallest absolute Gasteiger partial charge is 0.237 e. The molecule has 6 heteroatoms. The number of carbonyl (C=O) groups excluding carboxylic acids is 1. The molecule has 0 aromatic heterocycles. The van der Waals surface area contributed by atoms with Crippen LogP contribution in [0.2, 0.25) is 0 Å². The van der Waals surface area contributed by atoms with Gasteiger partial charge >= 0.3 is 0 Å². The van der Waals surface area contributed by atoms with Crippen LogP contribution in [0.15, 0.2) is 60.1 Å². The summed E-state index contributed by atoms with van der Waals surface area (Å²) in [6, 6.07) is 15.2. The Labute approximate surface area is 157 Å². The van der Waals surface area contributed by atoms with E-state index in [1.165, 1.54) is 11.8 Å². The van der Waals surface area contributed by atoms with Crippen molar-refractivity contribution in [2.24, 2.45) is 4.99 Å². The van der Waals surface area contributed by atoms with Gasteiger partial charge in [-0.1, -0.05) is 42.6 Å². The number of hydrogen-bond acceptors (Lipinski definition) is 5. The summed E-state index contributed by atoms with van der Waals surface area (Å²) in [5, 5.41) is 3.35. The zero-order valence-electron chi connectivity index (χ0n) is 15.0. The average molecular weight is 367 g/mol. The molecule has 0 bridgehead atoms. The number of rotatable bonds is 4. The van der Waals surface area contributed by atoms with E-state index in [2.05, 4.69) is 16.9 Å². The monoisotopic (exact) mass is 367 g/mol. The third kappa shape index (κ3) is 3.75. The van der Waals surface area contributed by atoms with Crippen LogP contribution >= 0.6 is 11.8 Å². The quantitative estimate of drug-likeness (QED) is 0.872. The first-order valence-electron chi connectivity index (χ1n) is 8.22. The van der Waals surface area contributed by atoms with E-state index in [-0.39, 0.29) is 11.2 Å². The third-order valence-corrected chi connectivity index (χ3v) is 5.26. The van der Waals surface area contributed by atoms with Gasteiger partial charge in [-0.3, -0.25) is 4.79 Å². The largest absolute Gasteiger partial charge is 0.497 e. The molecule has 0 unspecified atom stereocenters. The highest BCUT2D eigenvalue weighted by molar-refractivity contribution is 8.14. The maximum atomic E-state index is 12.6. The number of nitrogens with one attached hydrogen (secondary N) is 1. The molecule has 1 aliphatic heterocycles. The standard InChI is InChI=1S/C20H21N3O2S/c1-13-17-10-5-6-11-18(17)22-20(23(13)3)26-14(2)19(24)21-15-8-7-9-16(12-15)25-4/h5-12,14H,1H2,2-4H3,(H,21,24)/t14-/m0/s1. The highest BCUT2D eigenvalue weighted by atomic mass is 32.2. The zero-order chi connectivity index (χ0) is 18.7. The Bertz CT molecular complexity index is 879. The van der Waals surface area contributed by atoms with E-state index < -0.39 is 0 Å². The lowest BCUT2D eigenvalue weighted by atomic mass is 10.1. The second-order valence-electron chi connectivity index (χ2n) is 5.90. The first-order valence-corrected chi connectivity index (χ1v) is 9.10. The van der Waals surface area contributed by atoms with Gasteiger partial charge in [0.15, 0.2) is 5.17 Å². The Morgan fingerprint density at radius 1 is 1.27 bits per heavy atom. The number of fused-ring (bicyclic) bond motifs is 1. The minimum Gasteiger partial charge on any atom is -0.497 e. The number of hydrogen-bond donors (Lipinski definition) is 1. The number of aliphatic imine (C=N–C) groups is 1.